The SMILES string of the molecule is O=C(NC[C@@H]1COC[C@@H](O)[C@H]1O)C1CCC(F)(F)CC1. The summed E-state index contributed by atoms with van der Waals surface area (Å²) in [5.41, 5.74) is 0. The first-order valence-electron chi connectivity index (χ1n) is 6.98. The second-order valence-electron chi connectivity index (χ2n) is 5.73. The molecule has 0 aromatic carbocycles. The van der Waals surface area contributed by atoms with Crippen LogP contribution in [0.1, 0.15) is 25.7 Å². The van der Waals surface area contributed by atoms with E-state index in [1.54, 1.807) is 0 Å². The van der Waals surface area contributed by atoms with Crippen LogP contribution in [0.25, 0.3) is 0 Å². The summed E-state index contributed by atoms with van der Waals surface area (Å²) >= 11 is 0. The van der Waals surface area contributed by atoms with E-state index in [0.29, 0.717) is 0 Å². The van der Waals surface area contributed by atoms with Crippen LogP contribution >= 0.6 is 0 Å². The third-order valence-corrected chi connectivity index (χ3v) is 4.12. The molecule has 2 aliphatic rings. The highest BCUT2D eigenvalue weighted by molar-refractivity contribution is 5.78. The molecular formula is C13H21F2NO4. The van der Waals surface area contributed by atoms with Crippen LogP contribution in [0.4, 0.5) is 8.78 Å². The maximum Gasteiger partial charge on any atom is 0.248 e. The number of carbonyl (C=O) groups excluding carboxylic acids is 1. The lowest BCUT2D eigenvalue weighted by molar-refractivity contribution is -0.133. The van der Waals surface area contributed by atoms with E-state index in [2.05, 4.69) is 5.32 Å². The Labute approximate surface area is 116 Å². The van der Waals surface area contributed by atoms with Gasteiger partial charge in [0.05, 0.1) is 19.3 Å². The van der Waals surface area contributed by atoms with Crippen LogP contribution in [-0.4, -0.2) is 54.0 Å². The van der Waals surface area contributed by atoms with Gasteiger partial charge in [0.25, 0.3) is 0 Å². The monoisotopic (exact) mass is 293 g/mol. The molecule has 1 aliphatic heterocycles. The summed E-state index contributed by atoms with van der Waals surface area (Å²) in [7, 11) is 0. The number of rotatable bonds is 3. The van der Waals surface area contributed by atoms with Crippen LogP contribution in [0.2, 0.25) is 0 Å². The molecule has 2 fully saturated rings. The fourth-order valence-corrected chi connectivity index (χ4v) is 2.71. The molecule has 0 aromatic heterocycles. The summed E-state index contributed by atoms with van der Waals surface area (Å²) in [5, 5.41) is 21.9. The zero-order valence-electron chi connectivity index (χ0n) is 11.2. The van der Waals surface area contributed by atoms with Crippen molar-refractivity contribution in [1.82, 2.24) is 5.32 Å². The predicted molar refractivity (Wildman–Crippen MR) is 66.2 cm³/mol. The highest BCUT2D eigenvalue weighted by Crippen LogP contribution is 2.36. The number of hydrogen-bond donors (Lipinski definition) is 3. The molecule has 1 saturated heterocycles. The van der Waals surface area contributed by atoms with Crippen LogP contribution in [0.3, 0.4) is 0 Å². The maximum absolute atomic E-state index is 13.0. The van der Waals surface area contributed by atoms with Gasteiger partial charge in [-0.25, -0.2) is 8.78 Å². The van der Waals surface area contributed by atoms with Crippen molar-refractivity contribution in [2.24, 2.45) is 11.8 Å². The molecule has 3 N–H and O–H groups in total. The average molecular weight is 293 g/mol. The molecule has 7 heteroatoms. The third kappa shape index (κ3) is 3.86. The quantitative estimate of drug-likeness (QED) is 0.699. The Bertz CT molecular complexity index is 343. The zero-order chi connectivity index (χ0) is 14.8. The van der Waals surface area contributed by atoms with Gasteiger partial charge in [0.2, 0.25) is 11.8 Å². The lowest BCUT2D eigenvalue weighted by Crippen LogP contribution is -2.49. The number of aliphatic hydroxyl groups excluding tert-OH is 2. The van der Waals surface area contributed by atoms with E-state index in [9.17, 15) is 23.8 Å². The van der Waals surface area contributed by atoms with Crippen molar-refractivity contribution in [3.8, 4) is 0 Å². The molecule has 0 bridgehead atoms. The van der Waals surface area contributed by atoms with Gasteiger partial charge in [-0.1, -0.05) is 0 Å². The highest BCUT2D eigenvalue weighted by Gasteiger charge is 2.38. The van der Waals surface area contributed by atoms with E-state index in [-0.39, 0.29) is 63.2 Å². The molecule has 1 heterocycles. The largest absolute Gasteiger partial charge is 0.390 e. The third-order valence-electron chi connectivity index (χ3n) is 4.12. The van der Waals surface area contributed by atoms with Crippen molar-refractivity contribution in [3.05, 3.63) is 0 Å². The molecular weight excluding hydrogens is 272 g/mol. The molecule has 0 radical (unpaired) electrons. The molecule has 1 amide bonds. The van der Waals surface area contributed by atoms with E-state index < -0.39 is 18.1 Å². The van der Waals surface area contributed by atoms with E-state index in [1.165, 1.54) is 0 Å². The molecule has 3 atom stereocenters. The number of carbonyl (C=O) groups is 1. The molecule has 2 rings (SSSR count). The lowest BCUT2D eigenvalue weighted by Gasteiger charge is -2.32. The van der Waals surface area contributed by atoms with Crippen molar-refractivity contribution in [2.75, 3.05) is 19.8 Å². The fraction of sp³-hybridized carbons (Fsp3) is 0.923. The molecule has 1 aliphatic carbocycles. The number of nitrogens with one attached hydrogen (secondary N) is 1. The van der Waals surface area contributed by atoms with Gasteiger partial charge in [0.15, 0.2) is 0 Å². The second-order valence-corrected chi connectivity index (χ2v) is 5.73. The number of hydrogen-bond acceptors (Lipinski definition) is 4. The number of ether oxygens (including phenoxy) is 1. The van der Waals surface area contributed by atoms with Gasteiger partial charge in [-0.3, -0.25) is 4.79 Å². The van der Waals surface area contributed by atoms with Crippen molar-refractivity contribution in [3.63, 3.8) is 0 Å². The van der Waals surface area contributed by atoms with Crippen molar-refractivity contribution >= 4 is 5.91 Å². The average Bonchev–Trinajstić information content (AvgIpc) is 2.40. The lowest BCUT2D eigenvalue weighted by atomic mass is 9.86. The summed E-state index contributed by atoms with van der Waals surface area (Å²) in [6, 6.07) is 0. The Kier molecular flexibility index (Phi) is 4.93. The summed E-state index contributed by atoms with van der Waals surface area (Å²) in [6.45, 7) is 0.536. The van der Waals surface area contributed by atoms with Crippen molar-refractivity contribution in [2.45, 2.75) is 43.8 Å². The predicted octanol–water partition coefficient (Wildman–Crippen LogP) is 0.296. The Morgan fingerprint density at radius 1 is 1.25 bits per heavy atom. The summed E-state index contributed by atoms with van der Waals surface area (Å²) in [4.78, 5) is 11.9. The van der Waals surface area contributed by atoms with Gasteiger partial charge in [0, 0.05) is 31.2 Å². The topological polar surface area (TPSA) is 78.8 Å². The number of aliphatic hydroxyl groups is 2. The normalized spacial score (nSPS) is 34.7. The van der Waals surface area contributed by atoms with E-state index in [1.807, 2.05) is 0 Å². The van der Waals surface area contributed by atoms with Crippen LogP contribution in [0.5, 0.6) is 0 Å². The molecule has 0 aromatic rings. The first-order valence-corrected chi connectivity index (χ1v) is 6.98. The summed E-state index contributed by atoms with van der Waals surface area (Å²) in [5.74, 6) is -3.66. The molecule has 5 nitrogen and oxygen atoms in total. The van der Waals surface area contributed by atoms with Crippen LogP contribution < -0.4 is 5.32 Å². The first kappa shape index (κ1) is 15.6. The molecule has 116 valence electrons. The van der Waals surface area contributed by atoms with E-state index >= 15 is 0 Å². The molecule has 20 heavy (non-hydrogen) atoms. The maximum atomic E-state index is 13.0. The number of alkyl halides is 2. The fourth-order valence-electron chi connectivity index (χ4n) is 2.71. The van der Waals surface area contributed by atoms with Gasteiger partial charge in [0.1, 0.15) is 6.10 Å². The van der Waals surface area contributed by atoms with Crippen LogP contribution in [0.15, 0.2) is 0 Å². The highest BCUT2D eigenvalue weighted by atomic mass is 19.3. The molecule has 0 unspecified atom stereocenters. The minimum absolute atomic E-state index is 0.0866. The van der Waals surface area contributed by atoms with Crippen LogP contribution in [0, 0.1) is 11.8 Å². The summed E-state index contributed by atoms with van der Waals surface area (Å²) < 4.78 is 31.1. The zero-order valence-corrected chi connectivity index (χ0v) is 11.2. The minimum atomic E-state index is -2.64. The van der Waals surface area contributed by atoms with Gasteiger partial charge in [-0.15, -0.1) is 0 Å². The van der Waals surface area contributed by atoms with Gasteiger partial charge in [-0.05, 0) is 12.8 Å². The number of halogens is 2. The first-order chi connectivity index (χ1) is 9.39. The summed E-state index contributed by atoms with van der Waals surface area (Å²) in [6.07, 6.45) is -2.01. The number of amides is 1. The van der Waals surface area contributed by atoms with Gasteiger partial charge in [-0.2, -0.15) is 0 Å². The molecule has 0 spiro atoms. The van der Waals surface area contributed by atoms with E-state index in [0.717, 1.165) is 0 Å². The van der Waals surface area contributed by atoms with Crippen LogP contribution in [-0.2, 0) is 9.53 Å². The Morgan fingerprint density at radius 3 is 2.55 bits per heavy atom. The van der Waals surface area contributed by atoms with Crippen molar-refractivity contribution < 1.29 is 28.5 Å². The minimum Gasteiger partial charge on any atom is -0.390 e. The molecule has 1 saturated carbocycles. The smallest absolute Gasteiger partial charge is 0.248 e. The van der Waals surface area contributed by atoms with Crippen molar-refractivity contribution in [1.29, 1.82) is 0 Å². The standard InChI is InChI=1S/C13H21F2NO4/c14-13(15)3-1-8(2-4-13)12(19)16-5-9-6-20-7-10(17)11(9)18/h8-11,17-18H,1-7H2,(H,16,19)/t9-,10-,11+/m1/s1. The van der Waals surface area contributed by atoms with Gasteiger partial charge >= 0.3 is 0 Å². The Hall–Kier alpha value is -0.790. The second kappa shape index (κ2) is 6.32. The Balaban J connectivity index is 1.75. The Morgan fingerprint density at radius 2 is 1.90 bits per heavy atom. The van der Waals surface area contributed by atoms with E-state index in [4.69, 9.17) is 4.74 Å². The van der Waals surface area contributed by atoms with Gasteiger partial charge < -0.3 is 20.3 Å².